The summed E-state index contributed by atoms with van der Waals surface area (Å²) in [5, 5.41) is 13.8. The molecule has 29 heavy (non-hydrogen) atoms. The number of ether oxygens (including phenoxy) is 1. The Morgan fingerprint density at radius 1 is 1.31 bits per heavy atom. The zero-order chi connectivity index (χ0) is 21.0. The summed E-state index contributed by atoms with van der Waals surface area (Å²) < 4.78 is 5.06. The number of esters is 1. The maximum atomic E-state index is 12.2. The number of nitro groups is 1. The summed E-state index contributed by atoms with van der Waals surface area (Å²) in [6, 6.07) is 7.85. The number of fused-ring (bicyclic) bond motifs is 1. The molecule has 8 nitrogen and oxygen atoms in total. The Hall–Kier alpha value is -2.77. The molecule has 1 saturated carbocycles. The van der Waals surface area contributed by atoms with Gasteiger partial charge >= 0.3 is 5.97 Å². The zero-order valence-corrected chi connectivity index (χ0v) is 16.5. The molecule has 1 fully saturated rings. The zero-order valence-electron chi connectivity index (χ0n) is 16.5. The van der Waals surface area contributed by atoms with Gasteiger partial charge in [-0.1, -0.05) is 31.2 Å². The van der Waals surface area contributed by atoms with Crippen molar-refractivity contribution in [3.8, 4) is 0 Å². The van der Waals surface area contributed by atoms with Gasteiger partial charge in [-0.2, -0.15) is 0 Å². The minimum Gasteiger partial charge on any atom is -0.456 e. The molecule has 1 aromatic rings. The van der Waals surface area contributed by atoms with Crippen LogP contribution in [0, 0.1) is 27.9 Å². The summed E-state index contributed by atoms with van der Waals surface area (Å²) in [4.78, 5) is 46.9. The first-order chi connectivity index (χ1) is 13.8. The summed E-state index contributed by atoms with van der Waals surface area (Å²) >= 11 is 0. The van der Waals surface area contributed by atoms with E-state index in [9.17, 15) is 24.5 Å². The predicted molar refractivity (Wildman–Crippen MR) is 103 cm³/mol. The minimum atomic E-state index is -0.712. The number of hydrogen-bond acceptors (Lipinski definition) is 6. The molecular weight excluding hydrogens is 376 g/mol. The number of Topliss-reactive ketones (excluding diaryl/α,β-unsaturated/α-hetero) is 1. The molecule has 2 aliphatic carbocycles. The first-order valence-corrected chi connectivity index (χ1v) is 10.0. The second-order valence-corrected chi connectivity index (χ2v) is 8.01. The highest BCUT2D eigenvalue weighted by molar-refractivity contribution is 5.88. The van der Waals surface area contributed by atoms with E-state index in [1.807, 2.05) is 18.2 Å². The van der Waals surface area contributed by atoms with Gasteiger partial charge in [0.05, 0.1) is 12.5 Å². The van der Waals surface area contributed by atoms with Gasteiger partial charge in [-0.25, -0.2) is 0 Å². The second kappa shape index (κ2) is 9.15. The Labute approximate surface area is 169 Å². The lowest BCUT2D eigenvalue weighted by atomic mass is 9.88. The van der Waals surface area contributed by atoms with Crippen molar-refractivity contribution in [2.45, 2.75) is 45.1 Å². The molecule has 0 unspecified atom stereocenters. The van der Waals surface area contributed by atoms with Crippen LogP contribution in [0.3, 0.4) is 0 Å². The molecule has 1 amide bonds. The van der Waals surface area contributed by atoms with Gasteiger partial charge in [0.25, 0.3) is 5.91 Å². The Kier molecular flexibility index (Phi) is 6.61. The van der Waals surface area contributed by atoms with Crippen molar-refractivity contribution in [2.75, 3.05) is 13.2 Å². The van der Waals surface area contributed by atoms with Gasteiger partial charge in [-0.05, 0) is 36.3 Å². The van der Waals surface area contributed by atoms with E-state index in [1.165, 1.54) is 5.56 Å². The largest absolute Gasteiger partial charge is 0.456 e. The maximum Gasteiger partial charge on any atom is 0.307 e. The third-order valence-corrected chi connectivity index (χ3v) is 6.00. The van der Waals surface area contributed by atoms with E-state index >= 15 is 0 Å². The lowest BCUT2D eigenvalue weighted by molar-refractivity contribution is -0.490. The van der Waals surface area contributed by atoms with E-state index in [0.717, 1.165) is 24.8 Å². The van der Waals surface area contributed by atoms with Crippen LogP contribution in [-0.2, 0) is 25.5 Å². The molecule has 0 aliphatic heterocycles. The standard InChI is InChI=1S/C21H26N2O6/c1-13-9-19(24)16(17(13)11-23(27)28)10-21(26)29-12-20(25)22-18-8-4-6-14-5-2-3-7-15(14)18/h2-3,5,7,13,16-18H,4,6,8-12H2,1H3,(H,22,25)/t13-,16-,17-,18-/m1/s1. The fourth-order valence-corrected chi connectivity index (χ4v) is 4.52. The number of carbonyl (C=O) groups excluding carboxylic acids is 3. The van der Waals surface area contributed by atoms with Gasteiger partial charge in [0, 0.05) is 23.2 Å². The van der Waals surface area contributed by atoms with Crippen LogP contribution in [0.15, 0.2) is 24.3 Å². The van der Waals surface area contributed by atoms with Gasteiger partial charge in [0.15, 0.2) is 6.61 Å². The summed E-state index contributed by atoms with van der Waals surface area (Å²) in [6.45, 7) is 1.02. The van der Waals surface area contributed by atoms with Crippen LogP contribution in [0.2, 0.25) is 0 Å². The summed E-state index contributed by atoms with van der Waals surface area (Å²) in [5.41, 5.74) is 2.30. The molecule has 1 aromatic carbocycles. The highest BCUT2D eigenvalue weighted by Crippen LogP contribution is 2.36. The molecule has 0 spiro atoms. The number of aryl methyl sites for hydroxylation is 1. The molecule has 0 heterocycles. The monoisotopic (exact) mass is 402 g/mol. The summed E-state index contributed by atoms with van der Waals surface area (Å²) in [5.74, 6) is -2.54. The summed E-state index contributed by atoms with van der Waals surface area (Å²) in [7, 11) is 0. The van der Waals surface area contributed by atoms with Crippen molar-refractivity contribution in [1.29, 1.82) is 0 Å². The lowest BCUT2D eigenvalue weighted by Crippen LogP contribution is -2.34. The number of rotatable bonds is 7. The number of ketones is 1. The van der Waals surface area contributed by atoms with Gasteiger partial charge in [0.2, 0.25) is 6.54 Å². The molecule has 8 heteroatoms. The Bertz CT molecular complexity index is 808. The van der Waals surface area contributed by atoms with E-state index in [2.05, 4.69) is 11.4 Å². The maximum absolute atomic E-state index is 12.2. The Morgan fingerprint density at radius 3 is 2.83 bits per heavy atom. The van der Waals surface area contributed by atoms with Crippen LogP contribution in [0.4, 0.5) is 0 Å². The van der Waals surface area contributed by atoms with Crippen LogP contribution in [0.25, 0.3) is 0 Å². The average molecular weight is 402 g/mol. The predicted octanol–water partition coefficient (Wildman–Crippen LogP) is 2.23. The second-order valence-electron chi connectivity index (χ2n) is 8.01. The number of nitrogens with zero attached hydrogens (tertiary/aromatic N) is 1. The lowest BCUT2D eigenvalue weighted by Gasteiger charge is -2.26. The van der Waals surface area contributed by atoms with Crippen molar-refractivity contribution in [1.82, 2.24) is 5.32 Å². The third-order valence-electron chi connectivity index (χ3n) is 6.00. The summed E-state index contributed by atoms with van der Waals surface area (Å²) in [6.07, 6.45) is 2.80. The van der Waals surface area contributed by atoms with Crippen LogP contribution < -0.4 is 5.32 Å². The minimum absolute atomic E-state index is 0.104. The van der Waals surface area contributed by atoms with Gasteiger partial charge in [-0.3, -0.25) is 24.5 Å². The average Bonchev–Trinajstić information content (AvgIpc) is 2.93. The van der Waals surface area contributed by atoms with Crippen molar-refractivity contribution in [2.24, 2.45) is 17.8 Å². The van der Waals surface area contributed by atoms with Crippen molar-refractivity contribution in [3.63, 3.8) is 0 Å². The van der Waals surface area contributed by atoms with Gasteiger partial charge < -0.3 is 10.1 Å². The molecule has 0 saturated heterocycles. The Balaban J connectivity index is 1.50. The first kappa shape index (κ1) is 21.0. The molecule has 0 bridgehead atoms. The number of amides is 1. The number of nitrogens with one attached hydrogen (secondary N) is 1. The van der Waals surface area contributed by atoms with Gasteiger partial charge in [0.1, 0.15) is 5.78 Å². The van der Waals surface area contributed by atoms with Crippen molar-refractivity contribution in [3.05, 3.63) is 45.5 Å². The van der Waals surface area contributed by atoms with Crippen LogP contribution in [0.5, 0.6) is 0 Å². The highest BCUT2D eigenvalue weighted by atomic mass is 16.6. The third kappa shape index (κ3) is 5.19. The fraction of sp³-hybridized carbons (Fsp3) is 0.571. The molecule has 2 aliphatic rings. The smallest absolute Gasteiger partial charge is 0.307 e. The van der Waals surface area contributed by atoms with E-state index in [4.69, 9.17) is 4.74 Å². The molecule has 0 aromatic heterocycles. The Morgan fingerprint density at radius 2 is 2.07 bits per heavy atom. The first-order valence-electron chi connectivity index (χ1n) is 10.0. The molecule has 4 atom stereocenters. The quantitative estimate of drug-likeness (QED) is 0.425. The van der Waals surface area contributed by atoms with Crippen LogP contribution in [0.1, 0.15) is 49.8 Å². The van der Waals surface area contributed by atoms with Crippen LogP contribution in [-0.4, -0.2) is 35.7 Å². The SMILES string of the molecule is C[C@@H]1CC(=O)[C@H](CC(=O)OCC(=O)N[C@@H]2CCCc3ccccc32)[C@@H]1C[N+](=O)[O-]. The number of hydrogen-bond donors (Lipinski definition) is 1. The van der Waals surface area contributed by atoms with E-state index in [1.54, 1.807) is 6.92 Å². The molecule has 1 N–H and O–H groups in total. The topological polar surface area (TPSA) is 116 Å². The highest BCUT2D eigenvalue weighted by Gasteiger charge is 2.44. The van der Waals surface area contributed by atoms with Crippen molar-refractivity contribution < 1.29 is 24.0 Å². The van der Waals surface area contributed by atoms with Gasteiger partial charge in [-0.15, -0.1) is 0 Å². The molecule has 0 radical (unpaired) electrons. The molecular formula is C21H26N2O6. The van der Waals surface area contributed by atoms with E-state index in [-0.39, 0.29) is 37.1 Å². The normalized spacial score (nSPS) is 25.9. The molecule has 156 valence electrons. The number of benzene rings is 1. The van der Waals surface area contributed by atoms with Crippen molar-refractivity contribution >= 4 is 17.7 Å². The van der Waals surface area contributed by atoms with E-state index < -0.39 is 35.2 Å². The fourth-order valence-electron chi connectivity index (χ4n) is 4.52. The van der Waals surface area contributed by atoms with Crippen LogP contribution >= 0.6 is 0 Å². The number of carbonyl (C=O) groups is 3. The molecule has 3 rings (SSSR count). The van der Waals surface area contributed by atoms with E-state index in [0.29, 0.717) is 0 Å².